The Kier molecular flexibility index (Phi) is 4.49. The van der Waals surface area contributed by atoms with Crippen molar-refractivity contribution in [2.24, 2.45) is 5.92 Å². The fourth-order valence-corrected chi connectivity index (χ4v) is 2.99. The summed E-state index contributed by atoms with van der Waals surface area (Å²) in [6.45, 7) is 2.25. The SMILES string of the molecule is CCC1CCCCC1Nc1ccc(Cl)cc1C#N. The molecule has 2 nitrogen and oxygen atoms in total. The van der Waals surface area contributed by atoms with Gasteiger partial charge in [-0.2, -0.15) is 5.26 Å². The van der Waals surface area contributed by atoms with E-state index in [4.69, 9.17) is 16.9 Å². The maximum Gasteiger partial charge on any atom is 0.101 e. The van der Waals surface area contributed by atoms with Crippen LogP contribution < -0.4 is 5.32 Å². The molecule has 0 spiro atoms. The Bertz CT molecular complexity index is 450. The summed E-state index contributed by atoms with van der Waals surface area (Å²) < 4.78 is 0. The highest BCUT2D eigenvalue weighted by Crippen LogP contribution is 2.30. The van der Waals surface area contributed by atoms with Crippen molar-refractivity contribution in [3.8, 4) is 6.07 Å². The third-order valence-electron chi connectivity index (χ3n) is 3.88. The van der Waals surface area contributed by atoms with E-state index in [0.29, 0.717) is 16.6 Å². The average Bonchev–Trinajstić information content (AvgIpc) is 2.41. The Morgan fingerprint density at radius 2 is 2.17 bits per heavy atom. The second-order valence-corrected chi connectivity index (χ2v) is 5.44. The van der Waals surface area contributed by atoms with Gasteiger partial charge in [0, 0.05) is 11.1 Å². The van der Waals surface area contributed by atoms with Crippen LogP contribution in [0.2, 0.25) is 5.02 Å². The number of nitrogens with one attached hydrogen (secondary N) is 1. The molecule has 96 valence electrons. The van der Waals surface area contributed by atoms with Crippen LogP contribution in [-0.4, -0.2) is 6.04 Å². The molecule has 1 fully saturated rings. The van der Waals surface area contributed by atoms with Crippen LogP contribution in [0.15, 0.2) is 18.2 Å². The van der Waals surface area contributed by atoms with Crippen LogP contribution in [0.1, 0.15) is 44.6 Å². The van der Waals surface area contributed by atoms with Gasteiger partial charge in [0.05, 0.1) is 11.3 Å². The van der Waals surface area contributed by atoms with Gasteiger partial charge in [0.2, 0.25) is 0 Å². The lowest BCUT2D eigenvalue weighted by molar-refractivity contribution is 0.317. The molecule has 0 amide bonds. The summed E-state index contributed by atoms with van der Waals surface area (Å²) in [5.41, 5.74) is 1.56. The lowest BCUT2D eigenvalue weighted by Crippen LogP contribution is -2.32. The maximum absolute atomic E-state index is 9.15. The lowest BCUT2D eigenvalue weighted by Gasteiger charge is -2.32. The first-order valence-corrected chi connectivity index (χ1v) is 7.08. The zero-order chi connectivity index (χ0) is 13.0. The van der Waals surface area contributed by atoms with Crippen LogP contribution >= 0.6 is 11.6 Å². The third-order valence-corrected chi connectivity index (χ3v) is 4.11. The predicted octanol–water partition coefficient (Wildman–Crippen LogP) is 4.59. The Balaban J connectivity index is 2.15. The van der Waals surface area contributed by atoms with Crippen LogP contribution in [0.4, 0.5) is 5.69 Å². The molecule has 0 heterocycles. The van der Waals surface area contributed by atoms with Crippen LogP contribution in [-0.2, 0) is 0 Å². The average molecular weight is 263 g/mol. The Morgan fingerprint density at radius 1 is 1.39 bits per heavy atom. The quantitative estimate of drug-likeness (QED) is 0.865. The summed E-state index contributed by atoms with van der Waals surface area (Å²) in [6.07, 6.45) is 6.31. The smallest absolute Gasteiger partial charge is 0.101 e. The highest BCUT2D eigenvalue weighted by atomic mass is 35.5. The number of rotatable bonds is 3. The zero-order valence-corrected chi connectivity index (χ0v) is 11.5. The van der Waals surface area contributed by atoms with Crippen LogP contribution in [0.25, 0.3) is 0 Å². The largest absolute Gasteiger partial charge is 0.381 e. The molecule has 1 aliphatic rings. The van der Waals surface area contributed by atoms with Crippen molar-refractivity contribution in [3.63, 3.8) is 0 Å². The van der Waals surface area contributed by atoms with Crippen LogP contribution in [0, 0.1) is 17.2 Å². The highest BCUT2D eigenvalue weighted by molar-refractivity contribution is 6.30. The van der Waals surface area contributed by atoms with Gasteiger partial charge in [0.25, 0.3) is 0 Å². The first-order chi connectivity index (χ1) is 8.74. The molecule has 1 aromatic rings. The van der Waals surface area contributed by atoms with Crippen molar-refractivity contribution in [2.75, 3.05) is 5.32 Å². The van der Waals surface area contributed by atoms with Gasteiger partial charge in [-0.25, -0.2) is 0 Å². The summed E-state index contributed by atoms with van der Waals surface area (Å²) in [5, 5.41) is 13.3. The van der Waals surface area contributed by atoms with Gasteiger partial charge in [0.1, 0.15) is 6.07 Å². The number of benzene rings is 1. The monoisotopic (exact) mass is 262 g/mol. The van der Waals surface area contributed by atoms with Gasteiger partial charge >= 0.3 is 0 Å². The van der Waals surface area contributed by atoms with Crippen molar-refractivity contribution in [3.05, 3.63) is 28.8 Å². The van der Waals surface area contributed by atoms with E-state index in [2.05, 4.69) is 18.3 Å². The minimum Gasteiger partial charge on any atom is -0.381 e. The number of halogens is 1. The number of anilines is 1. The fraction of sp³-hybridized carbons (Fsp3) is 0.533. The van der Waals surface area contributed by atoms with Crippen molar-refractivity contribution in [1.29, 1.82) is 5.26 Å². The molecular weight excluding hydrogens is 244 g/mol. The van der Waals surface area contributed by atoms with E-state index in [0.717, 1.165) is 11.6 Å². The molecule has 1 saturated carbocycles. The molecule has 2 atom stereocenters. The minimum atomic E-state index is 0.497. The van der Waals surface area contributed by atoms with Gasteiger partial charge < -0.3 is 5.32 Å². The van der Waals surface area contributed by atoms with Crippen molar-refractivity contribution >= 4 is 17.3 Å². The molecule has 0 saturated heterocycles. The van der Waals surface area contributed by atoms with Gasteiger partial charge in [-0.15, -0.1) is 0 Å². The molecule has 0 radical (unpaired) electrons. The molecule has 1 aliphatic carbocycles. The molecule has 0 aromatic heterocycles. The van der Waals surface area contributed by atoms with Crippen molar-refractivity contribution in [2.45, 2.75) is 45.1 Å². The molecule has 18 heavy (non-hydrogen) atoms. The first-order valence-electron chi connectivity index (χ1n) is 6.70. The molecule has 3 heteroatoms. The van der Waals surface area contributed by atoms with E-state index in [1.807, 2.05) is 12.1 Å². The van der Waals surface area contributed by atoms with Crippen LogP contribution in [0.3, 0.4) is 0 Å². The predicted molar refractivity (Wildman–Crippen MR) is 75.8 cm³/mol. The van der Waals surface area contributed by atoms with E-state index >= 15 is 0 Å². The Labute approximate surface area is 114 Å². The van der Waals surface area contributed by atoms with Crippen LogP contribution in [0.5, 0.6) is 0 Å². The number of nitriles is 1. The normalized spacial score (nSPS) is 23.4. The van der Waals surface area contributed by atoms with Gasteiger partial charge in [-0.3, -0.25) is 0 Å². The summed E-state index contributed by atoms with van der Waals surface area (Å²) in [4.78, 5) is 0. The zero-order valence-electron chi connectivity index (χ0n) is 10.7. The molecule has 0 bridgehead atoms. The Hall–Kier alpha value is -1.20. The summed E-state index contributed by atoms with van der Waals surface area (Å²) in [6, 6.07) is 8.20. The molecule has 1 aromatic carbocycles. The maximum atomic E-state index is 9.15. The number of hydrogen-bond acceptors (Lipinski definition) is 2. The van der Waals surface area contributed by atoms with Crippen molar-refractivity contribution < 1.29 is 0 Å². The topological polar surface area (TPSA) is 35.8 Å². The first kappa shape index (κ1) is 13.2. The van der Waals surface area contributed by atoms with Gasteiger partial charge in [-0.05, 0) is 37.0 Å². The second kappa shape index (κ2) is 6.11. The molecule has 2 unspecified atom stereocenters. The third kappa shape index (κ3) is 2.97. The molecule has 0 aliphatic heterocycles. The van der Waals surface area contributed by atoms with E-state index in [1.165, 1.54) is 32.1 Å². The molecule has 1 N–H and O–H groups in total. The van der Waals surface area contributed by atoms with Gasteiger partial charge in [-0.1, -0.05) is 37.8 Å². The minimum absolute atomic E-state index is 0.497. The summed E-state index contributed by atoms with van der Waals surface area (Å²) >= 11 is 5.92. The Morgan fingerprint density at radius 3 is 2.89 bits per heavy atom. The van der Waals surface area contributed by atoms with E-state index in [9.17, 15) is 0 Å². The summed E-state index contributed by atoms with van der Waals surface area (Å²) in [7, 11) is 0. The number of nitrogens with zero attached hydrogens (tertiary/aromatic N) is 1. The van der Waals surface area contributed by atoms with E-state index in [-0.39, 0.29) is 0 Å². The summed E-state index contributed by atoms with van der Waals surface area (Å²) in [5.74, 6) is 0.723. The lowest BCUT2D eigenvalue weighted by atomic mass is 9.82. The second-order valence-electron chi connectivity index (χ2n) is 5.01. The highest BCUT2D eigenvalue weighted by Gasteiger charge is 2.23. The molecular formula is C15H19ClN2. The molecule has 2 rings (SSSR count). The van der Waals surface area contributed by atoms with Gasteiger partial charge in [0.15, 0.2) is 0 Å². The number of hydrogen-bond donors (Lipinski definition) is 1. The van der Waals surface area contributed by atoms with E-state index < -0.39 is 0 Å². The standard InChI is InChI=1S/C15H19ClN2/c1-2-11-5-3-4-6-14(11)18-15-8-7-13(16)9-12(15)10-17/h7-9,11,14,18H,2-6H2,1H3. The van der Waals surface area contributed by atoms with Crippen molar-refractivity contribution in [1.82, 2.24) is 0 Å². The fourth-order valence-electron chi connectivity index (χ4n) is 2.82. The van der Waals surface area contributed by atoms with E-state index in [1.54, 1.807) is 6.07 Å².